The second-order valence-corrected chi connectivity index (χ2v) is 2.71. The minimum Gasteiger partial charge on any atom is -0.305 e. The van der Waals surface area contributed by atoms with E-state index >= 15 is 0 Å². The molecule has 1 rings (SSSR count). The summed E-state index contributed by atoms with van der Waals surface area (Å²) < 4.78 is 0.785. The highest BCUT2D eigenvalue weighted by molar-refractivity contribution is 14.1. The van der Waals surface area contributed by atoms with Crippen molar-refractivity contribution in [1.82, 2.24) is 5.32 Å². The third kappa shape index (κ3) is 0.758. The summed E-state index contributed by atoms with van der Waals surface area (Å²) >= 11 is 2.38. The molecule has 0 bridgehead atoms. The van der Waals surface area contributed by atoms with Crippen molar-refractivity contribution in [2.75, 3.05) is 6.54 Å². The van der Waals surface area contributed by atoms with Crippen LogP contribution in [-0.2, 0) is 0 Å². The molecule has 1 saturated heterocycles. The number of rotatable bonds is 0. The highest BCUT2D eigenvalue weighted by Crippen LogP contribution is 2.07. The van der Waals surface area contributed by atoms with Crippen molar-refractivity contribution in [3.05, 3.63) is 0 Å². The summed E-state index contributed by atoms with van der Waals surface area (Å²) in [6.45, 7) is 1.23. The van der Waals surface area contributed by atoms with E-state index < -0.39 is 0 Å². The summed E-state index contributed by atoms with van der Waals surface area (Å²) in [6, 6.07) is 0. The molecule has 0 amide bonds. The first-order valence-electron chi connectivity index (χ1n) is 1.77. The third-order valence-electron chi connectivity index (χ3n) is 0.764. The van der Waals surface area contributed by atoms with Crippen LogP contribution in [-0.4, -0.2) is 10.6 Å². The lowest BCUT2D eigenvalue weighted by Gasteiger charge is -2.20. The Morgan fingerprint density at radius 1 is 1.80 bits per heavy atom. The van der Waals surface area contributed by atoms with Crippen LogP contribution in [0.5, 0.6) is 0 Å². The van der Waals surface area contributed by atoms with E-state index in [2.05, 4.69) is 27.9 Å². The van der Waals surface area contributed by atoms with Crippen molar-refractivity contribution in [1.29, 1.82) is 0 Å². The average Bonchev–Trinajstić information content (AvgIpc) is 1.30. The molecule has 0 radical (unpaired) electrons. The molecular weight excluding hydrogens is 177 g/mol. The zero-order valence-electron chi connectivity index (χ0n) is 2.87. The normalized spacial score (nSPS) is 36.6. The number of halogens is 1. The summed E-state index contributed by atoms with van der Waals surface area (Å²) in [6.07, 6.45) is 1.36. The van der Waals surface area contributed by atoms with Gasteiger partial charge in [-0.15, -0.1) is 0 Å². The highest BCUT2D eigenvalue weighted by Gasteiger charge is 2.09. The predicted molar refractivity (Wildman–Crippen MR) is 30.4 cm³/mol. The van der Waals surface area contributed by atoms with E-state index in [1.807, 2.05) is 0 Å². The van der Waals surface area contributed by atoms with Gasteiger partial charge >= 0.3 is 0 Å². The van der Waals surface area contributed by atoms with Crippen LogP contribution >= 0.6 is 22.6 Å². The lowest BCUT2D eigenvalue weighted by atomic mass is 10.3. The van der Waals surface area contributed by atoms with Crippen molar-refractivity contribution in [2.45, 2.75) is 10.5 Å². The predicted octanol–water partition coefficient (Wildman–Crippen LogP) is 0.741. The van der Waals surface area contributed by atoms with E-state index in [1.165, 1.54) is 13.0 Å². The lowest BCUT2D eigenvalue weighted by molar-refractivity contribution is 0.506. The van der Waals surface area contributed by atoms with Crippen LogP contribution in [0.4, 0.5) is 0 Å². The Labute approximate surface area is 45.3 Å². The Kier molecular flexibility index (Phi) is 1.10. The monoisotopic (exact) mass is 183 g/mol. The Balaban J connectivity index is 2.08. The Morgan fingerprint density at radius 2 is 2.20 bits per heavy atom. The van der Waals surface area contributed by atoms with Crippen molar-refractivity contribution in [3.63, 3.8) is 0 Å². The van der Waals surface area contributed by atoms with Gasteiger partial charge in [-0.25, -0.2) is 0 Å². The smallest absolute Gasteiger partial charge is 0.0605 e. The maximum absolute atomic E-state index is 3.20. The number of alkyl halides is 1. The van der Waals surface area contributed by atoms with Crippen LogP contribution in [0.1, 0.15) is 6.42 Å². The molecule has 0 aromatic heterocycles. The topological polar surface area (TPSA) is 12.0 Å². The van der Waals surface area contributed by atoms with Crippen LogP contribution in [0.2, 0.25) is 0 Å². The number of nitrogens with one attached hydrogen (secondary N) is 1. The summed E-state index contributed by atoms with van der Waals surface area (Å²) in [5, 5.41) is 3.20. The Morgan fingerprint density at radius 3 is 2.20 bits per heavy atom. The first-order valence-corrected chi connectivity index (χ1v) is 3.01. The van der Waals surface area contributed by atoms with E-state index in [-0.39, 0.29) is 0 Å². The van der Waals surface area contributed by atoms with E-state index in [4.69, 9.17) is 0 Å². The average molecular weight is 183 g/mol. The first-order chi connectivity index (χ1) is 2.39. The molecule has 0 saturated carbocycles. The maximum Gasteiger partial charge on any atom is 0.0605 e. The molecular formula is C3H6IN. The van der Waals surface area contributed by atoms with Gasteiger partial charge in [0.2, 0.25) is 0 Å². The van der Waals surface area contributed by atoms with Gasteiger partial charge in [0, 0.05) is 0 Å². The zero-order valence-corrected chi connectivity index (χ0v) is 5.03. The van der Waals surface area contributed by atoms with Gasteiger partial charge in [-0.1, -0.05) is 22.6 Å². The quantitative estimate of drug-likeness (QED) is 0.331. The molecule has 0 aromatic carbocycles. The summed E-state index contributed by atoms with van der Waals surface area (Å²) in [5.74, 6) is 0. The Hall–Kier alpha value is 0.690. The van der Waals surface area contributed by atoms with Crippen molar-refractivity contribution < 1.29 is 0 Å². The molecule has 1 N–H and O–H groups in total. The van der Waals surface area contributed by atoms with Gasteiger partial charge in [0.05, 0.1) is 4.05 Å². The van der Waals surface area contributed by atoms with Gasteiger partial charge < -0.3 is 5.32 Å². The molecule has 1 atom stereocenters. The molecule has 30 valence electrons. The second-order valence-electron chi connectivity index (χ2n) is 1.21. The largest absolute Gasteiger partial charge is 0.305 e. The third-order valence-corrected chi connectivity index (χ3v) is 1.83. The van der Waals surface area contributed by atoms with Gasteiger partial charge in [-0.3, -0.25) is 0 Å². The van der Waals surface area contributed by atoms with Gasteiger partial charge in [-0.2, -0.15) is 0 Å². The molecule has 1 unspecified atom stereocenters. The van der Waals surface area contributed by atoms with Gasteiger partial charge in [-0.05, 0) is 13.0 Å². The molecule has 1 nitrogen and oxygen atoms in total. The fourth-order valence-electron chi connectivity index (χ4n) is 0.253. The van der Waals surface area contributed by atoms with Gasteiger partial charge in [0.25, 0.3) is 0 Å². The minimum absolute atomic E-state index is 0.785. The molecule has 0 spiro atoms. The minimum atomic E-state index is 0.785. The molecule has 0 aromatic rings. The summed E-state index contributed by atoms with van der Waals surface area (Å²) in [4.78, 5) is 0. The summed E-state index contributed by atoms with van der Waals surface area (Å²) in [7, 11) is 0. The van der Waals surface area contributed by atoms with Crippen molar-refractivity contribution in [2.24, 2.45) is 0 Å². The maximum atomic E-state index is 3.20. The van der Waals surface area contributed by atoms with Crippen LogP contribution in [0.25, 0.3) is 0 Å². The van der Waals surface area contributed by atoms with E-state index in [9.17, 15) is 0 Å². The van der Waals surface area contributed by atoms with E-state index in [0.29, 0.717) is 0 Å². The first kappa shape index (κ1) is 3.87. The molecule has 1 aliphatic rings. The zero-order chi connectivity index (χ0) is 3.70. The van der Waals surface area contributed by atoms with Crippen LogP contribution < -0.4 is 5.32 Å². The molecule has 1 heterocycles. The second kappa shape index (κ2) is 1.43. The standard InChI is InChI=1S/C3H6IN/c4-3-1-2-5-3/h3,5H,1-2H2. The number of hydrogen-bond donors (Lipinski definition) is 1. The van der Waals surface area contributed by atoms with Crippen molar-refractivity contribution in [3.8, 4) is 0 Å². The molecule has 0 aliphatic carbocycles. The SMILES string of the molecule is IC1CCN1. The van der Waals surface area contributed by atoms with E-state index in [0.717, 1.165) is 4.05 Å². The van der Waals surface area contributed by atoms with Gasteiger partial charge in [0.15, 0.2) is 0 Å². The molecule has 5 heavy (non-hydrogen) atoms. The molecule has 2 heteroatoms. The highest BCUT2D eigenvalue weighted by atomic mass is 127. The number of hydrogen-bond acceptors (Lipinski definition) is 1. The molecule has 1 aliphatic heterocycles. The Bertz CT molecular complexity index is 33.9. The van der Waals surface area contributed by atoms with Crippen molar-refractivity contribution >= 4 is 22.6 Å². The fraction of sp³-hybridized carbons (Fsp3) is 1.00. The lowest BCUT2D eigenvalue weighted by Crippen LogP contribution is -2.37. The van der Waals surface area contributed by atoms with Crippen LogP contribution in [0.15, 0.2) is 0 Å². The molecule has 1 fully saturated rings. The van der Waals surface area contributed by atoms with Crippen LogP contribution in [0.3, 0.4) is 0 Å². The van der Waals surface area contributed by atoms with Crippen LogP contribution in [0, 0.1) is 0 Å². The van der Waals surface area contributed by atoms with Gasteiger partial charge in [0.1, 0.15) is 0 Å². The van der Waals surface area contributed by atoms with E-state index in [1.54, 1.807) is 0 Å². The fourth-order valence-corrected chi connectivity index (χ4v) is 0.876. The summed E-state index contributed by atoms with van der Waals surface area (Å²) in [5.41, 5.74) is 0.